The van der Waals surface area contributed by atoms with E-state index in [0.29, 0.717) is 24.4 Å². The summed E-state index contributed by atoms with van der Waals surface area (Å²) in [4.78, 5) is 14.2. The molecule has 1 amide bonds. The van der Waals surface area contributed by atoms with Gasteiger partial charge in [0.05, 0.1) is 4.99 Å². The molecule has 0 saturated heterocycles. The minimum atomic E-state index is 0.146. The van der Waals surface area contributed by atoms with Crippen LogP contribution in [0.5, 0.6) is 0 Å². The maximum Gasteiger partial charge on any atom is 0.223 e. The topological polar surface area (TPSA) is 46.3 Å². The van der Waals surface area contributed by atoms with E-state index >= 15 is 0 Å². The van der Waals surface area contributed by atoms with Crippen molar-refractivity contribution in [3.63, 3.8) is 0 Å². The standard InChI is InChI=1S/C13H16N2OS/c14-12(17)5-6-13(16)15-8-7-10-3-1-2-4-11(10)9-15/h1-4H,5-9H2,(H2,14,17). The van der Waals surface area contributed by atoms with Gasteiger partial charge in [0, 0.05) is 25.9 Å². The number of nitrogens with zero attached hydrogens (tertiary/aromatic N) is 1. The number of hydrogen-bond donors (Lipinski definition) is 1. The van der Waals surface area contributed by atoms with Crippen LogP contribution in [0.15, 0.2) is 24.3 Å². The maximum atomic E-state index is 11.9. The van der Waals surface area contributed by atoms with E-state index in [4.69, 9.17) is 18.0 Å². The molecule has 1 aromatic rings. The predicted molar refractivity (Wildman–Crippen MR) is 71.6 cm³/mol. The summed E-state index contributed by atoms with van der Waals surface area (Å²) >= 11 is 4.79. The molecule has 2 rings (SSSR count). The number of hydrogen-bond acceptors (Lipinski definition) is 2. The highest BCUT2D eigenvalue weighted by Gasteiger charge is 2.19. The molecule has 1 aliphatic heterocycles. The second kappa shape index (κ2) is 5.27. The Kier molecular flexibility index (Phi) is 3.74. The number of nitrogens with two attached hydrogens (primary N) is 1. The van der Waals surface area contributed by atoms with Crippen molar-refractivity contribution in [1.29, 1.82) is 0 Å². The zero-order valence-electron chi connectivity index (χ0n) is 9.69. The van der Waals surface area contributed by atoms with Gasteiger partial charge in [-0.15, -0.1) is 0 Å². The number of benzene rings is 1. The highest BCUT2D eigenvalue weighted by Crippen LogP contribution is 2.19. The van der Waals surface area contributed by atoms with Crippen LogP contribution in [0.3, 0.4) is 0 Å². The fraction of sp³-hybridized carbons (Fsp3) is 0.385. The number of carbonyl (C=O) groups excluding carboxylic acids is 1. The summed E-state index contributed by atoms with van der Waals surface area (Å²) in [6, 6.07) is 8.28. The first-order valence-electron chi connectivity index (χ1n) is 5.79. The highest BCUT2D eigenvalue weighted by molar-refractivity contribution is 7.80. The molecular formula is C13H16N2OS. The van der Waals surface area contributed by atoms with Gasteiger partial charge in [-0.25, -0.2) is 0 Å². The predicted octanol–water partition coefficient (Wildman–Crippen LogP) is 1.64. The third-order valence-electron chi connectivity index (χ3n) is 3.07. The number of thiocarbonyl (C=S) groups is 1. The molecule has 1 aromatic carbocycles. The van der Waals surface area contributed by atoms with Crippen LogP contribution in [-0.2, 0) is 17.8 Å². The van der Waals surface area contributed by atoms with Crippen LogP contribution >= 0.6 is 12.2 Å². The largest absolute Gasteiger partial charge is 0.393 e. The number of carbonyl (C=O) groups is 1. The van der Waals surface area contributed by atoms with E-state index < -0.39 is 0 Å². The van der Waals surface area contributed by atoms with Gasteiger partial charge in [0.2, 0.25) is 5.91 Å². The summed E-state index contributed by atoms with van der Waals surface area (Å²) in [7, 11) is 0. The Labute approximate surface area is 107 Å². The van der Waals surface area contributed by atoms with Crippen LogP contribution in [0.2, 0.25) is 0 Å². The molecule has 0 saturated carbocycles. The Bertz CT molecular complexity index is 445. The molecule has 1 heterocycles. The van der Waals surface area contributed by atoms with Gasteiger partial charge < -0.3 is 10.6 Å². The summed E-state index contributed by atoms with van der Waals surface area (Å²) in [6.07, 6.45) is 1.87. The molecule has 1 aliphatic rings. The molecule has 4 heteroatoms. The lowest BCUT2D eigenvalue weighted by Gasteiger charge is -2.28. The zero-order chi connectivity index (χ0) is 12.3. The van der Waals surface area contributed by atoms with Crippen LogP contribution < -0.4 is 5.73 Å². The lowest BCUT2D eigenvalue weighted by atomic mass is 9.99. The molecule has 0 radical (unpaired) electrons. The Morgan fingerprint density at radius 2 is 2.00 bits per heavy atom. The zero-order valence-corrected chi connectivity index (χ0v) is 10.5. The van der Waals surface area contributed by atoms with Crippen LogP contribution in [0.25, 0.3) is 0 Å². The highest BCUT2D eigenvalue weighted by atomic mass is 32.1. The first-order chi connectivity index (χ1) is 8.16. The van der Waals surface area contributed by atoms with Crippen LogP contribution in [0, 0.1) is 0 Å². The van der Waals surface area contributed by atoms with Crippen molar-refractivity contribution in [1.82, 2.24) is 4.90 Å². The second-order valence-corrected chi connectivity index (χ2v) is 4.82. The summed E-state index contributed by atoms with van der Waals surface area (Å²) < 4.78 is 0. The Morgan fingerprint density at radius 1 is 1.29 bits per heavy atom. The minimum absolute atomic E-state index is 0.146. The number of amides is 1. The molecule has 0 atom stereocenters. The van der Waals surface area contributed by atoms with Crippen molar-refractivity contribution >= 4 is 23.1 Å². The molecular weight excluding hydrogens is 232 g/mol. The van der Waals surface area contributed by atoms with E-state index in [1.54, 1.807) is 0 Å². The van der Waals surface area contributed by atoms with E-state index in [2.05, 4.69) is 12.1 Å². The smallest absolute Gasteiger partial charge is 0.223 e. The maximum absolute atomic E-state index is 11.9. The third kappa shape index (κ3) is 3.03. The monoisotopic (exact) mass is 248 g/mol. The average molecular weight is 248 g/mol. The Balaban J connectivity index is 1.97. The van der Waals surface area contributed by atoms with Crippen molar-refractivity contribution in [2.24, 2.45) is 5.73 Å². The lowest BCUT2D eigenvalue weighted by molar-refractivity contribution is -0.131. The van der Waals surface area contributed by atoms with E-state index in [1.165, 1.54) is 11.1 Å². The van der Waals surface area contributed by atoms with Crippen molar-refractivity contribution in [2.75, 3.05) is 6.54 Å². The van der Waals surface area contributed by atoms with Crippen LogP contribution in [0.4, 0.5) is 0 Å². The van der Waals surface area contributed by atoms with E-state index in [9.17, 15) is 4.79 Å². The normalized spacial score (nSPS) is 14.2. The lowest BCUT2D eigenvalue weighted by Crippen LogP contribution is -2.36. The molecule has 0 aromatic heterocycles. The van der Waals surface area contributed by atoms with Crippen LogP contribution in [0.1, 0.15) is 24.0 Å². The van der Waals surface area contributed by atoms with Gasteiger partial charge in [0.15, 0.2) is 0 Å². The third-order valence-corrected chi connectivity index (χ3v) is 3.27. The SMILES string of the molecule is NC(=S)CCC(=O)N1CCc2ccccc2C1. The summed E-state index contributed by atoms with van der Waals surface area (Å²) in [6.45, 7) is 1.51. The van der Waals surface area contributed by atoms with Crippen molar-refractivity contribution < 1.29 is 4.79 Å². The molecule has 0 spiro atoms. The number of rotatable bonds is 3. The fourth-order valence-electron chi connectivity index (χ4n) is 2.10. The molecule has 0 bridgehead atoms. The van der Waals surface area contributed by atoms with Gasteiger partial charge in [-0.05, 0) is 17.5 Å². The summed E-state index contributed by atoms with van der Waals surface area (Å²) in [5, 5.41) is 0. The van der Waals surface area contributed by atoms with Gasteiger partial charge in [-0.2, -0.15) is 0 Å². The Hall–Kier alpha value is -1.42. The van der Waals surface area contributed by atoms with E-state index in [-0.39, 0.29) is 5.91 Å². The van der Waals surface area contributed by atoms with E-state index in [1.807, 2.05) is 17.0 Å². The number of fused-ring (bicyclic) bond motifs is 1. The molecule has 90 valence electrons. The quantitative estimate of drug-likeness (QED) is 0.827. The fourth-order valence-corrected chi connectivity index (χ4v) is 2.20. The molecule has 2 N–H and O–H groups in total. The first kappa shape index (κ1) is 12.0. The van der Waals surface area contributed by atoms with Crippen molar-refractivity contribution in [3.8, 4) is 0 Å². The Morgan fingerprint density at radius 3 is 2.71 bits per heavy atom. The van der Waals surface area contributed by atoms with Crippen molar-refractivity contribution in [2.45, 2.75) is 25.8 Å². The van der Waals surface area contributed by atoms with Gasteiger partial charge in [0.25, 0.3) is 0 Å². The molecule has 0 fully saturated rings. The molecule has 17 heavy (non-hydrogen) atoms. The van der Waals surface area contributed by atoms with Crippen LogP contribution in [-0.4, -0.2) is 22.3 Å². The second-order valence-electron chi connectivity index (χ2n) is 4.30. The van der Waals surface area contributed by atoms with Gasteiger partial charge in [-0.1, -0.05) is 36.5 Å². The molecule has 3 nitrogen and oxygen atoms in total. The first-order valence-corrected chi connectivity index (χ1v) is 6.20. The van der Waals surface area contributed by atoms with Gasteiger partial charge >= 0.3 is 0 Å². The van der Waals surface area contributed by atoms with E-state index in [0.717, 1.165) is 13.0 Å². The molecule has 0 aliphatic carbocycles. The van der Waals surface area contributed by atoms with Gasteiger partial charge in [-0.3, -0.25) is 4.79 Å². The summed E-state index contributed by atoms with van der Waals surface area (Å²) in [5.41, 5.74) is 8.01. The summed E-state index contributed by atoms with van der Waals surface area (Å²) in [5.74, 6) is 0.146. The van der Waals surface area contributed by atoms with Gasteiger partial charge in [0.1, 0.15) is 0 Å². The minimum Gasteiger partial charge on any atom is -0.393 e. The van der Waals surface area contributed by atoms with Crippen molar-refractivity contribution in [3.05, 3.63) is 35.4 Å². The molecule has 0 unspecified atom stereocenters. The average Bonchev–Trinajstić information content (AvgIpc) is 2.35.